The van der Waals surface area contributed by atoms with Crippen molar-refractivity contribution in [2.45, 2.75) is 13.0 Å². The lowest BCUT2D eigenvalue weighted by molar-refractivity contribution is -0.121. The summed E-state index contributed by atoms with van der Waals surface area (Å²) in [5.74, 6) is 2.10. The van der Waals surface area contributed by atoms with Crippen molar-refractivity contribution in [2.75, 3.05) is 36.0 Å². The van der Waals surface area contributed by atoms with Gasteiger partial charge in [-0.2, -0.15) is 11.8 Å². The third-order valence-corrected chi connectivity index (χ3v) is 6.02. The van der Waals surface area contributed by atoms with E-state index in [0.717, 1.165) is 23.1 Å². The lowest BCUT2D eigenvalue weighted by Crippen LogP contribution is -2.32. The zero-order valence-corrected chi connectivity index (χ0v) is 18.0. The first-order valence-corrected chi connectivity index (χ1v) is 11.3. The molecule has 0 unspecified atom stereocenters. The van der Waals surface area contributed by atoms with Gasteiger partial charge in [-0.15, -0.1) is 0 Å². The van der Waals surface area contributed by atoms with Gasteiger partial charge in [0.05, 0.1) is 0 Å². The molecule has 5 nitrogen and oxygen atoms in total. The van der Waals surface area contributed by atoms with E-state index >= 15 is 0 Å². The molecule has 2 aromatic carbocycles. The maximum Gasteiger partial charge on any atom is 0.251 e. The third kappa shape index (κ3) is 6.27. The normalized spacial score (nSPS) is 13.8. The number of nitrogens with one attached hydrogen (secondary N) is 2. The van der Waals surface area contributed by atoms with E-state index in [-0.39, 0.29) is 18.2 Å². The predicted molar refractivity (Wildman–Crippen MR) is 119 cm³/mol. The highest BCUT2D eigenvalue weighted by atomic mass is 79.9. The van der Waals surface area contributed by atoms with Crippen molar-refractivity contribution in [3.05, 3.63) is 64.1 Å². The Bertz CT molecular complexity index is 790. The van der Waals surface area contributed by atoms with Crippen molar-refractivity contribution in [2.24, 2.45) is 0 Å². The van der Waals surface area contributed by atoms with Gasteiger partial charge in [0.1, 0.15) is 0 Å². The molecule has 1 fully saturated rings. The minimum Gasteiger partial charge on any atom is -0.370 e. The molecule has 2 aromatic rings. The first-order chi connectivity index (χ1) is 13.6. The summed E-state index contributed by atoms with van der Waals surface area (Å²) < 4.78 is 0.923. The zero-order valence-electron chi connectivity index (χ0n) is 15.6. The maximum atomic E-state index is 12.0. The summed E-state index contributed by atoms with van der Waals surface area (Å²) in [5.41, 5.74) is 2.89. The van der Waals surface area contributed by atoms with E-state index in [0.29, 0.717) is 18.7 Å². The largest absolute Gasteiger partial charge is 0.370 e. The Kier molecular flexibility index (Phi) is 7.80. The topological polar surface area (TPSA) is 61.4 Å². The van der Waals surface area contributed by atoms with Crippen LogP contribution in [0.1, 0.15) is 22.3 Å². The molecule has 2 amide bonds. The van der Waals surface area contributed by atoms with Gasteiger partial charge < -0.3 is 15.5 Å². The minimum atomic E-state index is -0.174. The Morgan fingerprint density at radius 3 is 2.32 bits per heavy atom. The van der Waals surface area contributed by atoms with Gasteiger partial charge in [-0.05, 0) is 42.0 Å². The van der Waals surface area contributed by atoms with Gasteiger partial charge in [-0.1, -0.05) is 28.1 Å². The fourth-order valence-corrected chi connectivity index (χ4v) is 4.10. The summed E-state index contributed by atoms with van der Waals surface area (Å²) >= 11 is 5.34. The molecule has 0 radical (unpaired) electrons. The molecular formula is C21H24BrN3O2S. The fraction of sp³-hybridized carbons (Fsp3) is 0.333. The molecule has 1 saturated heterocycles. The van der Waals surface area contributed by atoms with Crippen LogP contribution in [0.15, 0.2) is 53.0 Å². The summed E-state index contributed by atoms with van der Waals surface area (Å²) in [6.07, 6.45) is 0.256. The van der Waals surface area contributed by atoms with E-state index in [9.17, 15) is 9.59 Å². The highest BCUT2D eigenvalue weighted by Crippen LogP contribution is 2.19. The van der Waals surface area contributed by atoms with Gasteiger partial charge in [0.15, 0.2) is 0 Å². The van der Waals surface area contributed by atoms with Crippen molar-refractivity contribution in [3.63, 3.8) is 0 Å². The molecule has 2 N–H and O–H groups in total. The summed E-state index contributed by atoms with van der Waals surface area (Å²) in [7, 11) is 0. The molecule has 0 saturated carbocycles. The number of amides is 2. The third-order valence-electron chi connectivity index (χ3n) is 4.55. The molecule has 0 atom stereocenters. The smallest absolute Gasteiger partial charge is 0.251 e. The number of benzene rings is 2. The van der Waals surface area contributed by atoms with Crippen LogP contribution in [0, 0.1) is 0 Å². The summed E-state index contributed by atoms with van der Waals surface area (Å²) in [4.78, 5) is 26.4. The standard InChI is InChI=1S/C21H24BrN3O2S/c22-18-5-3-17(4-6-18)21(27)23-10-9-20(26)24-15-16-1-7-19(8-2-16)25-11-13-28-14-12-25/h1-8H,9-15H2,(H,23,27)(H,24,26). The number of halogens is 1. The first kappa shape index (κ1) is 20.7. The van der Waals surface area contributed by atoms with Crippen LogP contribution >= 0.6 is 27.7 Å². The van der Waals surface area contributed by atoms with Crippen LogP contribution in [0.3, 0.4) is 0 Å². The first-order valence-electron chi connectivity index (χ1n) is 9.34. The van der Waals surface area contributed by atoms with Crippen molar-refractivity contribution in [1.82, 2.24) is 10.6 Å². The lowest BCUT2D eigenvalue weighted by Gasteiger charge is -2.28. The van der Waals surface area contributed by atoms with Crippen molar-refractivity contribution >= 4 is 45.2 Å². The molecule has 0 aliphatic carbocycles. The SMILES string of the molecule is O=C(CCNC(=O)c1ccc(Br)cc1)NCc1ccc(N2CCSCC2)cc1. The Hall–Kier alpha value is -1.99. The van der Waals surface area contributed by atoms with Gasteiger partial charge in [-0.25, -0.2) is 0 Å². The molecule has 7 heteroatoms. The highest BCUT2D eigenvalue weighted by molar-refractivity contribution is 9.10. The predicted octanol–water partition coefficient (Wildman–Crippen LogP) is 3.44. The average molecular weight is 462 g/mol. The number of nitrogens with zero attached hydrogens (tertiary/aromatic N) is 1. The van der Waals surface area contributed by atoms with E-state index in [1.807, 2.05) is 23.9 Å². The molecule has 28 heavy (non-hydrogen) atoms. The lowest BCUT2D eigenvalue weighted by atomic mass is 10.2. The molecule has 148 valence electrons. The van der Waals surface area contributed by atoms with Gasteiger partial charge in [0.25, 0.3) is 5.91 Å². The average Bonchev–Trinajstić information content (AvgIpc) is 2.73. The van der Waals surface area contributed by atoms with E-state index < -0.39 is 0 Å². The Morgan fingerprint density at radius 2 is 1.64 bits per heavy atom. The second-order valence-electron chi connectivity index (χ2n) is 6.56. The summed E-state index contributed by atoms with van der Waals surface area (Å²) in [6, 6.07) is 15.5. The van der Waals surface area contributed by atoms with Crippen LogP contribution in [-0.2, 0) is 11.3 Å². The molecular weight excluding hydrogens is 438 g/mol. The maximum absolute atomic E-state index is 12.0. The monoisotopic (exact) mass is 461 g/mol. The number of rotatable bonds is 7. The number of carbonyl (C=O) groups is 2. The summed E-state index contributed by atoms with van der Waals surface area (Å²) in [6.45, 7) is 2.99. The molecule has 0 spiro atoms. The highest BCUT2D eigenvalue weighted by Gasteiger charge is 2.11. The van der Waals surface area contributed by atoms with Crippen molar-refractivity contribution in [3.8, 4) is 0 Å². The van der Waals surface area contributed by atoms with Gasteiger partial charge in [0, 0.05) is 59.8 Å². The van der Waals surface area contributed by atoms with Crippen LogP contribution in [-0.4, -0.2) is 43.0 Å². The molecule has 1 aliphatic heterocycles. The van der Waals surface area contributed by atoms with E-state index in [2.05, 4.69) is 55.7 Å². The van der Waals surface area contributed by atoms with Gasteiger partial charge in [-0.3, -0.25) is 9.59 Å². The Morgan fingerprint density at radius 1 is 0.964 bits per heavy atom. The number of thioether (sulfide) groups is 1. The number of anilines is 1. The van der Waals surface area contributed by atoms with Gasteiger partial charge >= 0.3 is 0 Å². The Balaban J connectivity index is 1.37. The number of carbonyl (C=O) groups excluding carboxylic acids is 2. The minimum absolute atomic E-state index is 0.0757. The van der Waals surface area contributed by atoms with Crippen LogP contribution in [0.25, 0.3) is 0 Å². The number of hydrogen-bond donors (Lipinski definition) is 2. The van der Waals surface area contributed by atoms with E-state index in [4.69, 9.17) is 0 Å². The second-order valence-corrected chi connectivity index (χ2v) is 8.70. The van der Waals surface area contributed by atoms with E-state index in [1.165, 1.54) is 17.2 Å². The molecule has 0 aromatic heterocycles. The zero-order chi connectivity index (χ0) is 19.8. The van der Waals surface area contributed by atoms with Gasteiger partial charge in [0.2, 0.25) is 5.91 Å². The van der Waals surface area contributed by atoms with Crippen LogP contribution < -0.4 is 15.5 Å². The van der Waals surface area contributed by atoms with E-state index in [1.54, 1.807) is 12.1 Å². The van der Waals surface area contributed by atoms with Crippen molar-refractivity contribution in [1.29, 1.82) is 0 Å². The second kappa shape index (κ2) is 10.5. The Labute approximate surface area is 178 Å². The van der Waals surface area contributed by atoms with Crippen LogP contribution in [0.4, 0.5) is 5.69 Å². The molecule has 1 heterocycles. The van der Waals surface area contributed by atoms with Crippen LogP contribution in [0.2, 0.25) is 0 Å². The van der Waals surface area contributed by atoms with Crippen LogP contribution in [0.5, 0.6) is 0 Å². The number of hydrogen-bond acceptors (Lipinski definition) is 4. The quantitative estimate of drug-likeness (QED) is 0.662. The molecule has 0 bridgehead atoms. The molecule has 3 rings (SSSR count). The fourth-order valence-electron chi connectivity index (χ4n) is 2.93. The summed E-state index contributed by atoms with van der Waals surface area (Å²) in [5, 5.41) is 5.67. The molecule has 1 aliphatic rings. The van der Waals surface area contributed by atoms with Crippen molar-refractivity contribution < 1.29 is 9.59 Å².